The number of likely N-dealkylation sites (N-methyl/N-ethyl adjacent to an activating group) is 2. The first-order chi connectivity index (χ1) is 19.5. The molecule has 6 nitrogen and oxygen atoms in total. The summed E-state index contributed by atoms with van der Waals surface area (Å²) >= 11 is 0. The fraction of sp³-hybridized carbons (Fsp3) is 0.765. The van der Waals surface area contributed by atoms with Crippen molar-refractivity contribution in [3.05, 3.63) is 35.4 Å². The van der Waals surface area contributed by atoms with Crippen molar-refractivity contribution in [1.29, 1.82) is 0 Å². The minimum Gasteiger partial charge on any atom is -0.461 e. The van der Waals surface area contributed by atoms with Crippen molar-refractivity contribution >= 4 is 11.9 Å². The van der Waals surface area contributed by atoms with Crippen LogP contribution in [0.2, 0.25) is 0 Å². The highest BCUT2D eigenvalue weighted by molar-refractivity contribution is 6.03. The maximum absolute atomic E-state index is 12.7. The van der Waals surface area contributed by atoms with E-state index in [9.17, 15) is 9.59 Å². The highest BCUT2D eigenvalue weighted by Crippen LogP contribution is 2.13. The van der Waals surface area contributed by atoms with Crippen molar-refractivity contribution in [3.8, 4) is 0 Å². The van der Waals surface area contributed by atoms with Crippen LogP contribution in [0.5, 0.6) is 0 Å². The molecular formula is C34H60N2O4. The van der Waals surface area contributed by atoms with Gasteiger partial charge in [0.25, 0.3) is 0 Å². The standard InChI is InChI=1S/C34H60N2O4/c1-5-7-9-11-13-15-17-21-25-35(3)27-29-39-33(37)31-23-19-20-24-32(31)34(38)40-30-28-36(4)26-22-18-16-14-12-10-8-6-2/h19-20,23-24H,5-18,21-22,25-30H2,1-4H3. The second-order valence-corrected chi connectivity index (χ2v) is 11.4. The monoisotopic (exact) mass is 560 g/mol. The molecule has 0 aliphatic rings. The summed E-state index contributed by atoms with van der Waals surface area (Å²) in [6, 6.07) is 6.77. The molecule has 0 fully saturated rings. The van der Waals surface area contributed by atoms with Gasteiger partial charge in [0.05, 0.1) is 11.1 Å². The second-order valence-electron chi connectivity index (χ2n) is 11.4. The van der Waals surface area contributed by atoms with Crippen LogP contribution in [-0.2, 0) is 9.47 Å². The molecular weight excluding hydrogens is 500 g/mol. The molecule has 0 spiro atoms. The van der Waals surface area contributed by atoms with Gasteiger partial charge in [-0.2, -0.15) is 0 Å². The molecule has 40 heavy (non-hydrogen) atoms. The summed E-state index contributed by atoms with van der Waals surface area (Å²) in [7, 11) is 4.12. The molecule has 0 atom stereocenters. The van der Waals surface area contributed by atoms with E-state index in [2.05, 4.69) is 37.7 Å². The molecule has 0 amide bonds. The summed E-state index contributed by atoms with van der Waals surface area (Å²) in [5.41, 5.74) is 0.538. The molecule has 1 rings (SSSR count). The van der Waals surface area contributed by atoms with E-state index in [4.69, 9.17) is 9.47 Å². The number of carbonyl (C=O) groups excluding carboxylic acids is 2. The normalized spacial score (nSPS) is 11.3. The van der Waals surface area contributed by atoms with Gasteiger partial charge in [0.15, 0.2) is 0 Å². The summed E-state index contributed by atoms with van der Waals surface area (Å²) in [4.78, 5) is 29.9. The van der Waals surface area contributed by atoms with Gasteiger partial charge in [-0.3, -0.25) is 0 Å². The van der Waals surface area contributed by atoms with Gasteiger partial charge >= 0.3 is 11.9 Å². The Morgan fingerprint density at radius 1 is 0.525 bits per heavy atom. The molecule has 0 unspecified atom stereocenters. The lowest BCUT2D eigenvalue weighted by Crippen LogP contribution is -2.26. The van der Waals surface area contributed by atoms with E-state index in [1.54, 1.807) is 24.3 Å². The van der Waals surface area contributed by atoms with Crippen molar-refractivity contribution in [2.45, 2.75) is 117 Å². The Morgan fingerprint density at radius 2 is 0.850 bits per heavy atom. The molecule has 0 saturated heterocycles. The molecule has 0 aliphatic carbocycles. The molecule has 1 aromatic carbocycles. The fourth-order valence-electron chi connectivity index (χ4n) is 4.84. The van der Waals surface area contributed by atoms with E-state index in [0.717, 1.165) is 13.1 Å². The third kappa shape index (κ3) is 18.4. The van der Waals surface area contributed by atoms with Gasteiger partial charge in [-0.05, 0) is 52.2 Å². The van der Waals surface area contributed by atoms with E-state index < -0.39 is 11.9 Å². The highest BCUT2D eigenvalue weighted by Gasteiger charge is 2.19. The molecule has 0 N–H and O–H groups in total. The molecule has 1 aromatic rings. The van der Waals surface area contributed by atoms with Crippen molar-refractivity contribution in [2.75, 3.05) is 53.5 Å². The minimum absolute atomic E-state index is 0.269. The van der Waals surface area contributed by atoms with Crippen LogP contribution in [0, 0.1) is 0 Å². The van der Waals surface area contributed by atoms with Gasteiger partial charge in [0.2, 0.25) is 0 Å². The lowest BCUT2D eigenvalue weighted by atomic mass is 10.1. The zero-order chi connectivity index (χ0) is 29.3. The number of hydrogen-bond donors (Lipinski definition) is 0. The predicted molar refractivity (Wildman–Crippen MR) is 167 cm³/mol. The van der Waals surface area contributed by atoms with Crippen molar-refractivity contribution < 1.29 is 19.1 Å². The van der Waals surface area contributed by atoms with Crippen molar-refractivity contribution in [1.82, 2.24) is 9.80 Å². The van der Waals surface area contributed by atoms with Crippen LogP contribution >= 0.6 is 0 Å². The van der Waals surface area contributed by atoms with Crippen LogP contribution in [0.1, 0.15) is 137 Å². The van der Waals surface area contributed by atoms with E-state index in [0.29, 0.717) is 26.3 Å². The zero-order valence-electron chi connectivity index (χ0n) is 26.4. The van der Waals surface area contributed by atoms with Crippen LogP contribution in [0.15, 0.2) is 24.3 Å². The number of unbranched alkanes of at least 4 members (excludes halogenated alkanes) is 14. The number of ether oxygens (including phenoxy) is 2. The first kappa shape index (κ1) is 36.1. The van der Waals surface area contributed by atoms with Crippen molar-refractivity contribution in [2.24, 2.45) is 0 Å². The largest absolute Gasteiger partial charge is 0.461 e. The second kappa shape index (κ2) is 24.8. The molecule has 0 heterocycles. The predicted octanol–water partition coefficient (Wildman–Crippen LogP) is 8.15. The summed E-state index contributed by atoms with van der Waals surface area (Å²) in [5, 5.41) is 0. The third-order valence-electron chi connectivity index (χ3n) is 7.57. The Kier molecular flexibility index (Phi) is 22.4. The quantitative estimate of drug-likeness (QED) is 0.0842. The van der Waals surface area contributed by atoms with Gasteiger partial charge in [-0.1, -0.05) is 116 Å². The number of esters is 2. The van der Waals surface area contributed by atoms with Crippen LogP contribution in [0.25, 0.3) is 0 Å². The van der Waals surface area contributed by atoms with Crippen LogP contribution in [-0.4, -0.2) is 75.2 Å². The molecule has 0 bridgehead atoms. The van der Waals surface area contributed by atoms with Crippen molar-refractivity contribution in [3.63, 3.8) is 0 Å². The SMILES string of the molecule is CCCCCCCCCCN(C)CCOC(=O)c1ccccc1C(=O)OCCN(C)CCCCCCCCCC. The summed E-state index contributed by atoms with van der Waals surface area (Å²) in [5.74, 6) is -0.945. The van der Waals surface area contributed by atoms with Gasteiger partial charge in [0, 0.05) is 13.1 Å². The molecule has 0 aromatic heterocycles. The van der Waals surface area contributed by atoms with Gasteiger partial charge in [-0.25, -0.2) is 9.59 Å². The van der Waals surface area contributed by atoms with E-state index in [1.807, 2.05) is 0 Å². The Balaban J connectivity index is 2.24. The number of hydrogen-bond acceptors (Lipinski definition) is 6. The molecule has 0 aliphatic heterocycles. The number of rotatable bonds is 26. The fourth-order valence-corrected chi connectivity index (χ4v) is 4.84. The number of benzene rings is 1. The number of carbonyl (C=O) groups is 2. The lowest BCUT2D eigenvalue weighted by Gasteiger charge is -2.17. The Bertz CT molecular complexity index is 707. The maximum atomic E-state index is 12.7. The molecule has 0 radical (unpaired) electrons. The summed E-state index contributed by atoms with van der Waals surface area (Å²) in [6.07, 6.45) is 20.8. The average Bonchev–Trinajstić information content (AvgIpc) is 2.95. The highest BCUT2D eigenvalue weighted by atomic mass is 16.5. The number of nitrogens with zero attached hydrogens (tertiary/aromatic N) is 2. The topological polar surface area (TPSA) is 59.1 Å². The molecule has 6 heteroatoms. The van der Waals surface area contributed by atoms with E-state index >= 15 is 0 Å². The van der Waals surface area contributed by atoms with E-state index in [1.165, 1.54) is 103 Å². The Morgan fingerprint density at radius 3 is 1.20 bits per heavy atom. The average molecular weight is 561 g/mol. The lowest BCUT2D eigenvalue weighted by molar-refractivity contribution is 0.0426. The van der Waals surface area contributed by atoms with Crippen LogP contribution in [0.3, 0.4) is 0 Å². The summed E-state index contributed by atoms with van der Waals surface area (Å²) < 4.78 is 11.0. The Labute approximate surface area is 246 Å². The van der Waals surface area contributed by atoms with Gasteiger partial charge < -0.3 is 19.3 Å². The maximum Gasteiger partial charge on any atom is 0.339 e. The van der Waals surface area contributed by atoms with E-state index in [-0.39, 0.29) is 11.1 Å². The van der Waals surface area contributed by atoms with Crippen LogP contribution < -0.4 is 0 Å². The van der Waals surface area contributed by atoms with Gasteiger partial charge in [0.1, 0.15) is 13.2 Å². The van der Waals surface area contributed by atoms with Gasteiger partial charge in [-0.15, -0.1) is 0 Å². The van der Waals surface area contributed by atoms with Crippen LogP contribution in [0.4, 0.5) is 0 Å². The first-order valence-electron chi connectivity index (χ1n) is 16.3. The zero-order valence-corrected chi connectivity index (χ0v) is 26.4. The molecule has 0 saturated carbocycles. The first-order valence-corrected chi connectivity index (χ1v) is 16.3. The molecule has 230 valence electrons. The smallest absolute Gasteiger partial charge is 0.339 e. The Hall–Kier alpha value is -1.92. The minimum atomic E-state index is -0.472. The third-order valence-corrected chi connectivity index (χ3v) is 7.57. The summed E-state index contributed by atoms with van der Waals surface area (Å²) in [6.45, 7) is 8.48.